The van der Waals surface area contributed by atoms with Crippen LogP contribution >= 0.6 is 0 Å². The molecule has 0 bridgehead atoms. The number of aromatic nitrogens is 2. The van der Waals surface area contributed by atoms with E-state index in [-0.39, 0.29) is 6.42 Å². The lowest BCUT2D eigenvalue weighted by molar-refractivity contribution is -0.138. The second-order valence-electron chi connectivity index (χ2n) is 3.88. The number of hydrogen-bond acceptors (Lipinski definition) is 4. The van der Waals surface area contributed by atoms with E-state index in [0.717, 1.165) is 5.69 Å². The Bertz CT molecular complexity index is 543. The summed E-state index contributed by atoms with van der Waals surface area (Å²) in [6, 6.07) is 10.0. The Morgan fingerprint density at radius 1 is 1.22 bits per heavy atom. The summed E-state index contributed by atoms with van der Waals surface area (Å²) in [4.78, 5) is 19.2. The third kappa shape index (κ3) is 2.89. The average Bonchev–Trinajstić information content (AvgIpc) is 2.40. The molecule has 0 aliphatic heterocycles. The number of hydrogen-bond donors (Lipinski definition) is 2. The number of carboxylic acids is 1. The number of pyridine rings is 2. The molecule has 2 aromatic heterocycles. The molecule has 2 aromatic rings. The first-order valence-corrected chi connectivity index (χ1v) is 5.52. The molecule has 5 nitrogen and oxygen atoms in total. The number of carboxylic acid groups (broad SMARTS) is 1. The van der Waals surface area contributed by atoms with E-state index in [0.29, 0.717) is 11.4 Å². The van der Waals surface area contributed by atoms with Gasteiger partial charge in [0.15, 0.2) is 0 Å². The van der Waals surface area contributed by atoms with Gasteiger partial charge in [0, 0.05) is 18.3 Å². The highest BCUT2D eigenvalue weighted by Crippen LogP contribution is 2.14. The van der Waals surface area contributed by atoms with Gasteiger partial charge in [-0.3, -0.25) is 14.8 Å². The Hall–Kier alpha value is -2.27. The minimum absolute atomic E-state index is 0.204. The van der Waals surface area contributed by atoms with Crippen LogP contribution in [-0.4, -0.2) is 27.1 Å². The lowest BCUT2D eigenvalue weighted by Crippen LogP contribution is -2.32. The highest BCUT2D eigenvalue weighted by atomic mass is 16.4. The van der Waals surface area contributed by atoms with Crippen molar-refractivity contribution in [2.75, 3.05) is 0 Å². The van der Waals surface area contributed by atoms with Crippen molar-refractivity contribution in [2.45, 2.75) is 12.5 Å². The van der Waals surface area contributed by atoms with Crippen LogP contribution < -0.4 is 5.73 Å². The van der Waals surface area contributed by atoms with E-state index in [1.165, 1.54) is 0 Å². The maximum absolute atomic E-state index is 10.7. The van der Waals surface area contributed by atoms with Crippen LogP contribution in [0.25, 0.3) is 11.4 Å². The molecule has 0 aliphatic carbocycles. The van der Waals surface area contributed by atoms with E-state index in [4.69, 9.17) is 10.8 Å². The number of rotatable bonds is 4. The monoisotopic (exact) mass is 243 g/mol. The highest BCUT2D eigenvalue weighted by Gasteiger charge is 2.13. The van der Waals surface area contributed by atoms with E-state index in [1.807, 2.05) is 30.3 Å². The molecule has 92 valence electrons. The Balaban J connectivity index is 2.23. The molecule has 5 heteroatoms. The third-order valence-corrected chi connectivity index (χ3v) is 2.48. The largest absolute Gasteiger partial charge is 0.480 e. The average molecular weight is 243 g/mol. The Morgan fingerprint density at radius 2 is 2.00 bits per heavy atom. The van der Waals surface area contributed by atoms with E-state index < -0.39 is 12.0 Å². The smallest absolute Gasteiger partial charge is 0.320 e. The van der Waals surface area contributed by atoms with Crippen molar-refractivity contribution in [3.8, 4) is 11.4 Å². The van der Waals surface area contributed by atoms with Crippen molar-refractivity contribution in [3.63, 3.8) is 0 Å². The fourth-order valence-corrected chi connectivity index (χ4v) is 1.56. The van der Waals surface area contributed by atoms with E-state index >= 15 is 0 Å². The molecule has 18 heavy (non-hydrogen) atoms. The summed E-state index contributed by atoms with van der Waals surface area (Å²) in [6.07, 6.45) is 1.89. The molecule has 0 radical (unpaired) electrons. The topological polar surface area (TPSA) is 89.1 Å². The van der Waals surface area contributed by atoms with Gasteiger partial charge < -0.3 is 10.8 Å². The molecule has 3 N–H and O–H groups in total. The molecule has 0 amide bonds. The summed E-state index contributed by atoms with van der Waals surface area (Å²) in [6.45, 7) is 0. The van der Waals surface area contributed by atoms with Crippen LogP contribution in [0.5, 0.6) is 0 Å². The summed E-state index contributed by atoms with van der Waals surface area (Å²) in [5, 5.41) is 8.76. The Kier molecular flexibility index (Phi) is 3.64. The molecule has 1 unspecified atom stereocenters. The molecule has 1 atom stereocenters. The fourth-order valence-electron chi connectivity index (χ4n) is 1.56. The van der Waals surface area contributed by atoms with Gasteiger partial charge in [-0.15, -0.1) is 0 Å². The fraction of sp³-hybridized carbons (Fsp3) is 0.154. The quantitative estimate of drug-likeness (QED) is 0.839. The van der Waals surface area contributed by atoms with Gasteiger partial charge in [0.2, 0.25) is 0 Å². The van der Waals surface area contributed by atoms with Crippen molar-refractivity contribution in [3.05, 3.63) is 48.3 Å². The molecule has 0 spiro atoms. The van der Waals surface area contributed by atoms with Crippen molar-refractivity contribution in [1.29, 1.82) is 0 Å². The van der Waals surface area contributed by atoms with Crippen LogP contribution in [0.15, 0.2) is 42.6 Å². The highest BCUT2D eigenvalue weighted by molar-refractivity contribution is 5.73. The standard InChI is InChI=1S/C13H13N3O2/c14-10(13(17)18)8-9-4-3-6-12(16-9)11-5-1-2-7-15-11/h1-7,10H,8,14H2,(H,17,18). The predicted octanol–water partition coefficient (Wildman–Crippen LogP) is 1.10. The van der Waals surface area contributed by atoms with Crippen LogP contribution in [0.2, 0.25) is 0 Å². The zero-order valence-electron chi connectivity index (χ0n) is 9.65. The molecule has 0 fully saturated rings. The van der Waals surface area contributed by atoms with Gasteiger partial charge in [0.25, 0.3) is 0 Å². The first-order chi connectivity index (χ1) is 8.66. The van der Waals surface area contributed by atoms with Gasteiger partial charge in [-0.25, -0.2) is 0 Å². The van der Waals surface area contributed by atoms with E-state index in [2.05, 4.69) is 9.97 Å². The summed E-state index contributed by atoms with van der Waals surface area (Å²) in [5.74, 6) is -1.03. The maximum Gasteiger partial charge on any atom is 0.320 e. The van der Waals surface area contributed by atoms with Gasteiger partial charge in [-0.1, -0.05) is 12.1 Å². The Morgan fingerprint density at radius 3 is 2.67 bits per heavy atom. The van der Waals surface area contributed by atoms with Crippen molar-refractivity contribution in [1.82, 2.24) is 9.97 Å². The molecule has 0 aliphatic rings. The summed E-state index contributed by atoms with van der Waals surface area (Å²) in [7, 11) is 0. The second-order valence-corrected chi connectivity index (χ2v) is 3.88. The predicted molar refractivity (Wildman–Crippen MR) is 66.8 cm³/mol. The van der Waals surface area contributed by atoms with E-state index in [1.54, 1.807) is 12.3 Å². The normalized spacial score (nSPS) is 12.1. The maximum atomic E-state index is 10.7. The zero-order chi connectivity index (χ0) is 13.0. The lowest BCUT2D eigenvalue weighted by Gasteiger charge is -2.07. The molecule has 0 saturated heterocycles. The molecule has 2 heterocycles. The minimum atomic E-state index is -1.03. The van der Waals surface area contributed by atoms with Crippen LogP contribution in [0.3, 0.4) is 0 Å². The summed E-state index contributed by atoms with van der Waals surface area (Å²) in [5.41, 5.74) is 7.60. The van der Waals surface area contributed by atoms with Crippen LogP contribution in [0, 0.1) is 0 Å². The third-order valence-electron chi connectivity index (χ3n) is 2.48. The van der Waals surface area contributed by atoms with Crippen molar-refractivity contribution >= 4 is 5.97 Å². The summed E-state index contributed by atoms with van der Waals surface area (Å²) >= 11 is 0. The van der Waals surface area contributed by atoms with Crippen LogP contribution in [0.4, 0.5) is 0 Å². The molecule has 2 rings (SSSR count). The first-order valence-electron chi connectivity index (χ1n) is 5.52. The first kappa shape index (κ1) is 12.2. The Labute approximate surface area is 104 Å². The molecular formula is C13H13N3O2. The number of carbonyl (C=O) groups is 1. The van der Waals surface area contributed by atoms with Gasteiger partial charge in [-0.05, 0) is 24.3 Å². The minimum Gasteiger partial charge on any atom is -0.480 e. The second kappa shape index (κ2) is 5.37. The van der Waals surface area contributed by atoms with Gasteiger partial charge in [0.1, 0.15) is 6.04 Å². The molecule has 0 aromatic carbocycles. The summed E-state index contributed by atoms with van der Waals surface area (Å²) < 4.78 is 0. The van der Waals surface area contributed by atoms with Crippen molar-refractivity contribution < 1.29 is 9.90 Å². The van der Waals surface area contributed by atoms with Crippen LogP contribution in [-0.2, 0) is 11.2 Å². The number of nitrogens with zero attached hydrogens (tertiary/aromatic N) is 2. The molecule has 0 saturated carbocycles. The zero-order valence-corrected chi connectivity index (χ0v) is 9.65. The van der Waals surface area contributed by atoms with Gasteiger partial charge in [0.05, 0.1) is 11.4 Å². The van der Waals surface area contributed by atoms with Crippen molar-refractivity contribution in [2.24, 2.45) is 5.73 Å². The molecular weight excluding hydrogens is 230 g/mol. The number of aliphatic carboxylic acids is 1. The van der Waals surface area contributed by atoms with Gasteiger partial charge in [-0.2, -0.15) is 0 Å². The number of nitrogens with two attached hydrogens (primary N) is 1. The SMILES string of the molecule is NC(Cc1cccc(-c2ccccn2)n1)C(=O)O. The van der Waals surface area contributed by atoms with Crippen LogP contribution in [0.1, 0.15) is 5.69 Å². The van der Waals surface area contributed by atoms with E-state index in [9.17, 15) is 4.79 Å². The lowest BCUT2D eigenvalue weighted by atomic mass is 10.1. The van der Waals surface area contributed by atoms with Gasteiger partial charge >= 0.3 is 5.97 Å².